The summed E-state index contributed by atoms with van der Waals surface area (Å²) < 4.78 is 0. The summed E-state index contributed by atoms with van der Waals surface area (Å²) in [6.45, 7) is 7.30. The molecule has 3 heteroatoms. The average molecular weight is 171 g/mol. The number of nitrogens with one attached hydrogen (secondary N) is 1. The Bertz CT molecular complexity index is 183. The monoisotopic (exact) mass is 171 g/mol. The van der Waals surface area contributed by atoms with E-state index in [9.17, 15) is 4.79 Å². The molecule has 0 aliphatic carbocycles. The van der Waals surface area contributed by atoms with Crippen LogP contribution in [0.1, 0.15) is 27.2 Å². The Morgan fingerprint density at radius 2 is 2.08 bits per heavy atom. The van der Waals surface area contributed by atoms with Crippen molar-refractivity contribution >= 4 is 5.97 Å². The highest BCUT2D eigenvalue weighted by Crippen LogP contribution is 2.32. The number of rotatable bonds is 1. The molecule has 0 aromatic rings. The van der Waals surface area contributed by atoms with Crippen molar-refractivity contribution in [3.05, 3.63) is 0 Å². The zero-order chi connectivity index (χ0) is 9.35. The molecule has 0 aromatic carbocycles. The van der Waals surface area contributed by atoms with Gasteiger partial charge in [0.25, 0.3) is 0 Å². The minimum Gasteiger partial charge on any atom is -0.480 e. The zero-order valence-electron chi connectivity index (χ0n) is 7.92. The fourth-order valence-corrected chi connectivity index (χ4v) is 1.58. The van der Waals surface area contributed by atoms with Gasteiger partial charge in [-0.1, -0.05) is 20.8 Å². The molecule has 2 atom stereocenters. The van der Waals surface area contributed by atoms with E-state index in [1.807, 2.05) is 0 Å². The molecule has 12 heavy (non-hydrogen) atoms. The first kappa shape index (κ1) is 9.52. The van der Waals surface area contributed by atoms with Crippen LogP contribution in [-0.2, 0) is 4.79 Å². The van der Waals surface area contributed by atoms with Crippen LogP contribution in [-0.4, -0.2) is 23.7 Å². The van der Waals surface area contributed by atoms with E-state index in [0.717, 1.165) is 13.0 Å². The molecule has 0 bridgehead atoms. The summed E-state index contributed by atoms with van der Waals surface area (Å²) in [5, 5.41) is 11.7. The number of hydrogen-bond donors (Lipinski definition) is 2. The van der Waals surface area contributed by atoms with Crippen molar-refractivity contribution in [2.24, 2.45) is 11.3 Å². The lowest BCUT2D eigenvalue weighted by molar-refractivity contribution is -0.139. The molecule has 0 radical (unpaired) electrons. The van der Waals surface area contributed by atoms with E-state index >= 15 is 0 Å². The van der Waals surface area contributed by atoms with Crippen LogP contribution in [0.15, 0.2) is 0 Å². The van der Waals surface area contributed by atoms with Crippen LogP contribution < -0.4 is 5.32 Å². The zero-order valence-corrected chi connectivity index (χ0v) is 7.92. The van der Waals surface area contributed by atoms with Crippen LogP contribution in [0.3, 0.4) is 0 Å². The van der Waals surface area contributed by atoms with Crippen LogP contribution >= 0.6 is 0 Å². The largest absolute Gasteiger partial charge is 0.480 e. The van der Waals surface area contributed by atoms with Crippen molar-refractivity contribution in [3.63, 3.8) is 0 Å². The molecule has 1 aliphatic heterocycles. The standard InChI is InChI=1S/C9H17NO2/c1-9(2,3)6-4-7(8(11)12)10-5-6/h6-7,10H,4-5H2,1-3H3,(H,11,12)/t6-,7+/m1/s1. The van der Waals surface area contributed by atoms with Gasteiger partial charge in [0.05, 0.1) is 0 Å². The lowest BCUT2D eigenvalue weighted by Crippen LogP contribution is -2.30. The maximum absolute atomic E-state index is 10.6. The lowest BCUT2D eigenvalue weighted by Gasteiger charge is -2.25. The summed E-state index contributed by atoms with van der Waals surface area (Å²) in [7, 11) is 0. The Balaban J connectivity index is 2.51. The Hall–Kier alpha value is -0.570. The quantitative estimate of drug-likeness (QED) is 0.621. The molecule has 1 heterocycles. The maximum Gasteiger partial charge on any atom is 0.320 e. The first-order valence-electron chi connectivity index (χ1n) is 4.37. The van der Waals surface area contributed by atoms with Crippen LogP contribution in [0.2, 0.25) is 0 Å². The molecule has 3 nitrogen and oxygen atoms in total. The summed E-state index contributed by atoms with van der Waals surface area (Å²) >= 11 is 0. The van der Waals surface area contributed by atoms with Crippen LogP contribution in [0.5, 0.6) is 0 Å². The molecular weight excluding hydrogens is 154 g/mol. The van der Waals surface area contributed by atoms with Gasteiger partial charge in [-0.2, -0.15) is 0 Å². The third-order valence-electron chi connectivity index (χ3n) is 2.65. The topological polar surface area (TPSA) is 49.3 Å². The minimum atomic E-state index is -0.721. The van der Waals surface area contributed by atoms with Crippen molar-refractivity contribution in [2.75, 3.05) is 6.54 Å². The Morgan fingerprint density at radius 3 is 2.33 bits per heavy atom. The second kappa shape index (κ2) is 3.05. The predicted molar refractivity (Wildman–Crippen MR) is 47.0 cm³/mol. The van der Waals surface area contributed by atoms with Crippen molar-refractivity contribution in [1.82, 2.24) is 5.32 Å². The molecule has 0 aromatic heterocycles. The third kappa shape index (κ3) is 1.97. The highest BCUT2D eigenvalue weighted by atomic mass is 16.4. The van der Waals surface area contributed by atoms with Gasteiger partial charge in [0, 0.05) is 0 Å². The first-order valence-corrected chi connectivity index (χ1v) is 4.37. The normalized spacial score (nSPS) is 30.6. The Kier molecular flexibility index (Phi) is 2.42. The van der Waals surface area contributed by atoms with Gasteiger partial charge in [-0.15, -0.1) is 0 Å². The highest BCUT2D eigenvalue weighted by molar-refractivity contribution is 5.73. The van der Waals surface area contributed by atoms with Crippen molar-refractivity contribution < 1.29 is 9.90 Å². The molecule has 1 rings (SSSR count). The van der Waals surface area contributed by atoms with Gasteiger partial charge in [0.2, 0.25) is 0 Å². The second-order valence-corrected chi connectivity index (χ2v) is 4.60. The van der Waals surface area contributed by atoms with Gasteiger partial charge in [0.15, 0.2) is 0 Å². The minimum absolute atomic E-state index is 0.219. The van der Waals surface area contributed by atoms with Gasteiger partial charge < -0.3 is 10.4 Å². The number of carboxylic acid groups (broad SMARTS) is 1. The molecular formula is C9H17NO2. The van der Waals surface area contributed by atoms with E-state index in [4.69, 9.17) is 5.11 Å². The van der Waals surface area contributed by atoms with Gasteiger partial charge >= 0.3 is 5.97 Å². The molecule has 0 saturated carbocycles. The SMILES string of the molecule is CC(C)(C)[C@H]1CN[C@H](C(=O)O)C1. The summed E-state index contributed by atoms with van der Waals surface area (Å²) in [6.07, 6.45) is 0.763. The molecule has 0 amide bonds. The van der Waals surface area contributed by atoms with Gasteiger partial charge in [-0.3, -0.25) is 4.79 Å². The van der Waals surface area contributed by atoms with Gasteiger partial charge in [0.1, 0.15) is 6.04 Å². The smallest absolute Gasteiger partial charge is 0.320 e. The number of aliphatic carboxylic acids is 1. The van der Waals surface area contributed by atoms with Gasteiger partial charge in [-0.05, 0) is 24.3 Å². The van der Waals surface area contributed by atoms with Crippen LogP contribution in [0.4, 0.5) is 0 Å². The molecule has 0 spiro atoms. The van der Waals surface area contributed by atoms with Crippen molar-refractivity contribution in [1.29, 1.82) is 0 Å². The number of carbonyl (C=O) groups is 1. The maximum atomic E-state index is 10.6. The molecule has 70 valence electrons. The second-order valence-electron chi connectivity index (χ2n) is 4.60. The summed E-state index contributed by atoms with van der Waals surface area (Å²) in [5.74, 6) is -0.236. The van der Waals surface area contributed by atoms with Crippen LogP contribution in [0, 0.1) is 11.3 Å². The summed E-state index contributed by atoms with van der Waals surface area (Å²) in [6, 6.07) is -0.325. The van der Waals surface area contributed by atoms with E-state index in [2.05, 4.69) is 26.1 Å². The Labute approximate surface area is 73.2 Å². The van der Waals surface area contributed by atoms with E-state index in [1.165, 1.54) is 0 Å². The van der Waals surface area contributed by atoms with E-state index in [1.54, 1.807) is 0 Å². The first-order chi connectivity index (χ1) is 5.41. The number of hydrogen-bond acceptors (Lipinski definition) is 2. The third-order valence-corrected chi connectivity index (χ3v) is 2.65. The Morgan fingerprint density at radius 1 is 1.50 bits per heavy atom. The fraction of sp³-hybridized carbons (Fsp3) is 0.889. The summed E-state index contributed by atoms with van der Waals surface area (Å²) in [5.41, 5.74) is 0.219. The average Bonchev–Trinajstić information content (AvgIpc) is 2.30. The molecule has 0 unspecified atom stereocenters. The van der Waals surface area contributed by atoms with E-state index < -0.39 is 5.97 Å². The van der Waals surface area contributed by atoms with E-state index in [0.29, 0.717) is 5.92 Å². The van der Waals surface area contributed by atoms with Crippen molar-refractivity contribution in [3.8, 4) is 0 Å². The molecule has 1 saturated heterocycles. The molecule has 1 fully saturated rings. The predicted octanol–water partition coefficient (Wildman–Crippen LogP) is 1.10. The number of carboxylic acids is 1. The van der Waals surface area contributed by atoms with Crippen molar-refractivity contribution in [2.45, 2.75) is 33.2 Å². The molecule has 1 aliphatic rings. The highest BCUT2D eigenvalue weighted by Gasteiger charge is 2.35. The fourth-order valence-electron chi connectivity index (χ4n) is 1.58. The lowest BCUT2D eigenvalue weighted by atomic mass is 9.79. The van der Waals surface area contributed by atoms with Gasteiger partial charge in [-0.25, -0.2) is 0 Å². The van der Waals surface area contributed by atoms with Crippen LogP contribution in [0.25, 0.3) is 0 Å². The van der Waals surface area contributed by atoms with E-state index in [-0.39, 0.29) is 11.5 Å². The summed E-state index contributed by atoms with van der Waals surface area (Å²) in [4.78, 5) is 10.6. The molecule has 2 N–H and O–H groups in total.